The molecule has 0 aromatic heterocycles. The van der Waals surface area contributed by atoms with Crippen molar-refractivity contribution in [1.82, 2.24) is 0 Å². The van der Waals surface area contributed by atoms with Crippen LogP contribution < -0.4 is 0 Å². The van der Waals surface area contributed by atoms with Gasteiger partial charge in [-0.25, -0.2) is 0 Å². The van der Waals surface area contributed by atoms with E-state index in [1.165, 1.54) is 29.7 Å². The van der Waals surface area contributed by atoms with Crippen LogP contribution in [0, 0.1) is 0 Å². The monoisotopic (exact) mass is 192 g/mol. The Morgan fingerprint density at radius 1 is 1.64 bits per heavy atom. The van der Waals surface area contributed by atoms with Crippen molar-refractivity contribution in [1.29, 1.82) is 0 Å². The molecule has 1 aliphatic rings. The van der Waals surface area contributed by atoms with Crippen LogP contribution in [0.3, 0.4) is 0 Å². The number of thioether (sulfide) groups is 2. The molecule has 4 nitrogen and oxygen atoms in total. The second kappa shape index (κ2) is 3.36. The van der Waals surface area contributed by atoms with Crippen LogP contribution >= 0.6 is 23.5 Å². The molecule has 6 heteroatoms. The first kappa shape index (κ1) is 8.73. The quantitative estimate of drug-likeness (QED) is 0.375. The zero-order valence-corrected chi connectivity index (χ0v) is 7.52. The van der Waals surface area contributed by atoms with Crippen LogP contribution in [0.15, 0.2) is 10.3 Å². The molecule has 0 aromatic rings. The largest absolute Gasteiger partial charge is 0.411 e. The van der Waals surface area contributed by atoms with Gasteiger partial charge in [0.25, 0.3) is 0 Å². The van der Waals surface area contributed by atoms with E-state index < -0.39 is 0 Å². The highest BCUT2D eigenvalue weighted by atomic mass is 32.2. The van der Waals surface area contributed by atoms with Gasteiger partial charge in [-0.1, -0.05) is 28.7 Å². The van der Waals surface area contributed by atoms with E-state index in [2.05, 4.69) is 10.3 Å². The average molecular weight is 192 g/mol. The molecule has 0 radical (unpaired) electrons. The Morgan fingerprint density at radius 3 is 2.82 bits per heavy atom. The van der Waals surface area contributed by atoms with E-state index in [1.807, 2.05) is 6.92 Å². The van der Waals surface area contributed by atoms with E-state index in [0.29, 0.717) is 4.38 Å². The van der Waals surface area contributed by atoms with Crippen LogP contribution in [-0.2, 0) is 0 Å². The SMILES string of the molecule is C[C@@]1(/C=N\O)CS/C(=N/O)S1. The van der Waals surface area contributed by atoms with E-state index >= 15 is 0 Å². The third kappa shape index (κ3) is 2.03. The van der Waals surface area contributed by atoms with Crippen molar-refractivity contribution in [2.24, 2.45) is 10.3 Å². The Balaban J connectivity index is 2.65. The molecule has 0 aromatic carbocycles. The Morgan fingerprint density at radius 2 is 2.36 bits per heavy atom. The van der Waals surface area contributed by atoms with Crippen LogP contribution in [0.4, 0.5) is 0 Å². The van der Waals surface area contributed by atoms with E-state index in [0.717, 1.165) is 5.75 Å². The molecule has 0 amide bonds. The molecular weight excluding hydrogens is 184 g/mol. The lowest BCUT2D eigenvalue weighted by molar-refractivity contribution is 0.319. The summed E-state index contributed by atoms with van der Waals surface area (Å²) in [5.74, 6) is 0.765. The van der Waals surface area contributed by atoms with Gasteiger partial charge in [-0.3, -0.25) is 0 Å². The maximum absolute atomic E-state index is 8.41. The summed E-state index contributed by atoms with van der Waals surface area (Å²) in [5, 5.41) is 22.7. The minimum absolute atomic E-state index is 0.235. The lowest BCUT2D eigenvalue weighted by atomic mass is 10.2. The molecule has 0 bridgehead atoms. The minimum atomic E-state index is -0.235. The topological polar surface area (TPSA) is 65.2 Å². The number of hydrogen-bond acceptors (Lipinski definition) is 6. The molecular formula is C5H8N2O2S2. The molecule has 1 saturated heterocycles. The highest BCUT2D eigenvalue weighted by Crippen LogP contribution is 2.40. The van der Waals surface area contributed by atoms with E-state index in [4.69, 9.17) is 10.4 Å². The van der Waals surface area contributed by atoms with Gasteiger partial charge in [0.15, 0.2) is 4.38 Å². The highest BCUT2D eigenvalue weighted by Gasteiger charge is 2.33. The van der Waals surface area contributed by atoms with Crippen LogP contribution in [0.5, 0.6) is 0 Å². The van der Waals surface area contributed by atoms with Gasteiger partial charge in [-0.05, 0) is 6.92 Å². The Bertz CT molecular complexity index is 207. The van der Waals surface area contributed by atoms with Gasteiger partial charge in [0.2, 0.25) is 0 Å². The summed E-state index contributed by atoms with van der Waals surface area (Å²) in [7, 11) is 0. The van der Waals surface area contributed by atoms with E-state index in [1.54, 1.807) is 0 Å². The molecule has 1 fully saturated rings. The number of oxime groups is 2. The molecule has 62 valence electrons. The average Bonchev–Trinajstić information content (AvgIpc) is 2.33. The summed E-state index contributed by atoms with van der Waals surface area (Å²) in [6.45, 7) is 1.92. The molecule has 1 atom stereocenters. The molecule has 0 unspecified atom stereocenters. The summed E-state index contributed by atoms with van der Waals surface area (Å²) >= 11 is 2.84. The lowest BCUT2D eigenvalue weighted by Gasteiger charge is -2.11. The molecule has 1 heterocycles. The number of hydrogen-bond donors (Lipinski definition) is 2. The van der Waals surface area contributed by atoms with Crippen molar-refractivity contribution in [2.75, 3.05) is 5.75 Å². The van der Waals surface area contributed by atoms with Crippen molar-refractivity contribution in [3.05, 3.63) is 0 Å². The fourth-order valence-electron chi connectivity index (χ4n) is 0.698. The summed E-state index contributed by atoms with van der Waals surface area (Å²) in [4.78, 5) is 0. The van der Waals surface area contributed by atoms with Crippen molar-refractivity contribution >= 4 is 34.1 Å². The summed E-state index contributed by atoms with van der Waals surface area (Å²) in [6, 6.07) is 0. The first-order valence-electron chi connectivity index (χ1n) is 2.93. The predicted octanol–water partition coefficient (Wildman–Crippen LogP) is 1.43. The number of nitrogens with zero attached hydrogens (tertiary/aromatic N) is 2. The normalized spacial score (nSPS) is 35.5. The first-order chi connectivity index (χ1) is 5.20. The van der Waals surface area contributed by atoms with Crippen molar-refractivity contribution in [3.63, 3.8) is 0 Å². The maximum Gasteiger partial charge on any atom is 0.170 e. The fraction of sp³-hybridized carbons (Fsp3) is 0.600. The van der Waals surface area contributed by atoms with Gasteiger partial charge < -0.3 is 10.4 Å². The lowest BCUT2D eigenvalue weighted by Crippen LogP contribution is -2.21. The number of rotatable bonds is 1. The third-order valence-electron chi connectivity index (χ3n) is 1.22. The van der Waals surface area contributed by atoms with Crippen molar-refractivity contribution in [3.8, 4) is 0 Å². The fourth-order valence-corrected chi connectivity index (χ4v) is 3.18. The first-order valence-corrected chi connectivity index (χ1v) is 4.73. The van der Waals surface area contributed by atoms with Crippen LogP contribution in [0.25, 0.3) is 0 Å². The molecule has 0 saturated carbocycles. The molecule has 2 N–H and O–H groups in total. The minimum Gasteiger partial charge on any atom is -0.411 e. The van der Waals surface area contributed by atoms with Gasteiger partial charge in [0.1, 0.15) is 0 Å². The van der Waals surface area contributed by atoms with Crippen LogP contribution in [0.1, 0.15) is 6.92 Å². The van der Waals surface area contributed by atoms with Gasteiger partial charge in [0, 0.05) is 5.75 Å². The van der Waals surface area contributed by atoms with Gasteiger partial charge in [0.05, 0.1) is 11.0 Å². The molecule has 0 spiro atoms. The Labute approximate surface area is 72.7 Å². The summed E-state index contributed by atoms with van der Waals surface area (Å²) in [5.41, 5.74) is 0. The van der Waals surface area contributed by atoms with E-state index in [-0.39, 0.29) is 4.75 Å². The van der Waals surface area contributed by atoms with Crippen molar-refractivity contribution < 1.29 is 10.4 Å². The van der Waals surface area contributed by atoms with Crippen LogP contribution in [0.2, 0.25) is 0 Å². The van der Waals surface area contributed by atoms with Crippen LogP contribution in [-0.4, -0.2) is 31.5 Å². The maximum atomic E-state index is 8.41. The second-order valence-electron chi connectivity index (χ2n) is 2.31. The second-order valence-corrected chi connectivity index (χ2v) is 5.06. The summed E-state index contributed by atoms with van der Waals surface area (Å²) in [6.07, 6.45) is 1.45. The molecule has 11 heavy (non-hydrogen) atoms. The Kier molecular flexibility index (Phi) is 2.67. The van der Waals surface area contributed by atoms with Gasteiger partial charge in [-0.15, -0.1) is 5.16 Å². The highest BCUT2D eigenvalue weighted by molar-refractivity contribution is 8.42. The van der Waals surface area contributed by atoms with Crippen molar-refractivity contribution in [2.45, 2.75) is 11.7 Å². The standard InChI is InChI=1S/C5H8N2O2S2/c1-5(2-6-8)3-10-4(7-9)11-5/h2,8-9H,3H2,1H3/b6-2-,7-4-/t5-/m1/s1. The van der Waals surface area contributed by atoms with E-state index in [9.17, 15) is 0 Å². The zero-order chi connectivity index (χ0) is 8.32. The molecule has 0 aliphatic carbocycles. The Hall–Kier alpha value is -0.360. The van der Waals surface area contributed by atoms with Gasteiger partial charge in [-0.2, -0.15) is 0 Å². The molecule has 1 aliphatic heterocycles. The summed E-state index contributed by atoms with van der Waals surface area (Å²) < 4.78 is 0.383. The predicted molar refractivity (Wildman–Crippen MR) is 48.0 cm³/mol. The third-order valence-corrected chi connectivity index (χ3v) is 4.05. The van der Waals surface area contributed by atoms with Gasteiger partial charge >= 0.3 is 0 Å². The smallest absolute Gasteiger partial charge is 0.170 e. The molecule has 1 rings (SSSR count). The zero-order valence-electron chi connectivity index (χ0n) is 5.89.